The number of likely N-dealkylation sites (tertiary alicyclic amines) is 1. The molecule has 1 aromatic carbocycles. The molecule has 0 amide bonds. The summed E-state index contributed by atoms with van der Waals surface area (Å²) in [5, 5.41) is 7.56. The molecule has 38 heavy (non-hydrogen) atoms. The molecule has 0 saturated carbocycles. The molecule has 0 radical (unpaired) electrons. The summed E-state index contributed by atoms with van der Waals surface area (Å²) in [5.74, 6) is 0.216. The van der Waals surface area contributed by atoms with Gasteiger partial charge < -0.3 is 4.98 Å². The van der Waals surface area contributed by atoms with Crippen molar-refractivity contribution < 1.29 is 4.39 Å². The van der Waals surface area contributed by atoms with Crippen molar-refractivity contribution >= 4 is 22.2 Å². The Hall–Kier alpha value is -4.50. The zero-order valence-electron chi connectivity index (χ0n) is 20.7. The van der Waals surface area contributed by atoms with Crippen LogP contribution in [0.1, 0.15) is 24.8 Å². The predicted molar refractivity (Wildman–Crippen MR) is 145 cm³/mol. The van der Waals surface area contributed by atoms with Gasteiger partial charge in [0.05, 0.1) is 16.7 Å². The maximum atomic E-state index is 14.6. The van der Waals surface area contributed by atoms with Gasteiger partial charge in [0.1, 0.15) is 11.3 Å². The van der Waals surface area contributed by atoms with E-state index in [1.165, 1.54) is 30.9 Å². The highest BCUT2D eigenvalue weighted by Crippen LogP contribution is 2.32. The summed E-state index contributed by atoms with van der Waals surface area (Å²) in [7, 11) is 0. The van der Waals surface area contributed by atoms with Gasteiger partial charge in [0.15, 0.2) is 17.2 Å². The monoisotopic (exact) mass is 504 g/mol. The van der Waals surface area contributed by atoms with Crippen molar-refractivity contribution in [2.75, 3.05) is 13.1 Å². The first kappa shape index (κ1) is 22.7. The SMILES string of the molecule is Fc1ccccc1-c1ccnc2nc(-c3n[nH]c4ccc(-c5cncc(CN6CCCCC6)c5)nc34)[nH]c12. The summed E-state index contributed by atoms with van der Waals surface area (Å²) in [4.78, 5) is 24.3. The first-order chi connectivity index (χ1) is 18.7. The van der Waals surface area contributed by atoms with Gasteiger partial charge in [-0.05, 0) is 61.8 Å². The highest BCUT2D eigenvalue weighted by Gasteiger charge is 2.18. The number of aromatic nitrogens is 7. The van der Waals surface area contributed by atoms with Crippen LogP contribution in [0, 0.1) is 5.82 Å². The van der Waals surface area contributed by atoms with E-state index in [2.05, 4.69) is 41.1 Å². The number of hydrogen-bond donors (Lipinski definition) is 2. The van der Waals surface area contributed by atoms with Crippen LogP contribution < -0.4 is 0 Å². The fraction of sp³-hybridized carbons (Fsp3) is 0.207. The first-order valence-electron chi connectivity index (χ1n) is 12.8. The molecular weight excluding hydrogens is 479 g/mol. The number of nitrogens with one attached hydrogen (secondary N) is 2. The number of halogens is 1. The van der Waals surface area contributed by atoms with Crippen molar-refractivity contribution in [3.8, 4) is 33.9 Å². The quantitative estimate of drug-likeness (QED) is 0.310. The van der Waals surface area contributed by atoms with Crippen LogP contribution in [0.4, 0.5) is 4.39 Å². The van der Waals surface area contributed by atoms with Crippen molar-refractivity contribution in [3.63, 3.8) is 0 Å². The molecule has 9 heteroatoms. The Balaban J connectivity index is 1.26. The first-order valence-corrected chi connectivity index (χ1v) is 12.8. The number of aromatic amines is 2. The highest BCUT2D eigenvalue weighted by atomic mass is 19.1. The molecular formula is C29H25FN8. The van der Waals surface area contributed by atoms with Gasteiger partial charge in [-0.15, -0.1) is 0 Å². The van der Waals surface area contributed by atoms with Gasteiger partial charge in [0, 0.05) is 41.8 Å². The zero-order valence-corrected chi connectivity index (χ0v) is 20.7. The summed E-state index contributed by atoms with van der Waals surface area (Å²) < 4.78 is 14.6. The standard InChI is InChI=1S/C29H25FN8/c30-22-7-3-2-6-20(22)21-10-11-32-28-25(21)34-29(35-28)27-26-24(36-37-27)9-8-23(33-26)19-14-18(15-31-16-19)17-38-12-4-1-5-13-38/h2-3,6-11,14-16H,1,4-5,12-13,17H2,(H,36,37)(H,32,34,35). The molecule has 0 bridgehead atoms. The van der Waals surface area contributed by atoms with Crippen LogP contribution in [0.3, 0.4) is 0 Å². The number of piperidine rings is 1. The molecule has 0 atom stereocenters. The second-order valence-electron chi connectivity index (χ2n) is 9.71. The topological polar surface area (TPSA) is 99.3 Å². The molecule has 7 rings (SSSR count). The molecule has 1 fully saturated rings. The third-order valence-corrected chi connectivity index (χ3v) is 7.13. The Morgan fingerprint density at radius 2 is 1.82 bits per heavy atom. The summed E-state index contributed by atoms with van der Waals surface area (Å²) in [5.41, 5.74) is 7.34. The summed E-state index contributed by atoms with van der Waals surface area (Å²) in [6.07, 6.45) is 9.25. The molecule has 6 heterocycles. The minimum Gasteiger partial charge on any atom is -0.335 e. The molecule has 1 aliphatic rings. The molecule has 1 saturated heterocycles. The molecule has 1 aliphatic heterocycles. The normalized spacial score (nSPS) is 14.4. The van der Waals surface area contributed by atoms with Crippen molar-refractivity contribution in [1.82, 2.24) is 40.0 Å². The van der Waals surface area contributed by atoms with Gasteiger partial charge in [-0.1, -0.05) is 24.6 Å². The number of fused-ring (bicyclic) bond motifs is 2. The number of hydrogen-bond acceptors (Lipinski definition) is 6. The van der Waals surface area contributed by atoms with Gasteiger partial charge in [-0.3, -0.25) is 15.0 Å². The molecule has 8 nitrogen and oxygen atoms in total. The molecule has 2 N–H and O–H groups in total. The van der Waals surface area contributed by atoms with Crippen molar-refractivity contribution in [1.29, 1.82) is 0 Å². The van der Waals surface area contributed by atoms with Crippen molar-refractivity contribution in [2.45, 2.75) is 25.8 Å². The Bertz CT molecular complexity index is 1770. The van der Waals surface area contributed by atoms with Gasteiger partial charge >= 0.3 is 0 Å². The molecule has 6 aromatic rings. The third kappa shape index (κ3) is 4.10. The van der Waals surface area contributed by atoms with Crippen LogP contribution in [0.5, 0.6) is 0 Å². The molecule has 0 aliphatic carbocycles. The van der Waals surface area contributed by atoms with Crippen LogP contribution in [-0.4, -0.2) is 53.1 Å². The average molecular weight is 505 g/mol. The van der Waals surface area contributed by atoms with Gasteiger partial charge in [0.25, 0.3) is 0 Å². The number of nitrogens with zero attached hydrogens (tertiary/aromatic N) is 6. The Morgan fingerprint density at radius 3 is 2.71 bits per heavy atom. The van der Waals surface area contributed by atoms with E-state index in [1.807, 2.05) is 30.6 Å². The average Bonchev–Trinajstić information content (AvgIpc) is 3.58. The number of benzene rings is 1. The van der Waals surface area contributed by atoms with Crippen molar-refractivity contribution in [2.24, 2.45) is 0 Å². The van der Waals surface area contributed by atoms with Gasteiger partial charge in [0.2, 0.25) is 0 Å². The lowest BCUT2D eigenvalue weighted by atomic mass is 10.1. The molecule has 0 unspecified atom stereocenters. The van der Waals surface area contributed by atoms with Crippen LogP contribution in [-0.2, 0) is 6.54 Å². The Kier molecular flexibility index (Phi) is 5.62. The Labute approximate surface area is 218 Å². The summed E-state index contributed by atoms with van der Waals surface area (Å²) >= 11 is 0. The van der Waals surface area contributed by atoms with E-state index in [1.54, 1.807) is 24.4 Å². The van der Waals surface area contributed by atoms with E-state index < -0.39 is 0 Å². The van der Waals surface area contributed by atoms with Gasteiger partial charge in [-0.2, -0.15) is 5.10 Å². The van der Waals surface area contributed by atoms with Crippen LogP contribution in [0.25, 0.3) is 56.1 Å². The summed E-state index contributed by atoms with van der Waals surface area (Å²) in [6.45, 7) is 3.17. The fourth-order valence-corrected chi connectivity index (χ4v) is 5.24. The van der Waals surface area contributed by atoms with Gasteiger partial charge in [-0.25, -0.2) is 19.3 Å². The van der Waals surface area contributed by atoms with E-state index in [-0.39, 0.29) is 5.82 Å². The predicted octanol–water partition coefficient (Wildman–Crippen LogP) is 5.75. The van der Waals surface area contributed by atoms with E-state index in [4.69, 9.17) is 4.98 Å². The fourth-order valence-electron chi connectivity index (χ4n) is 5.24. The van der Waals surface area contributed by atoms with Crippen LogP contribution in [0.2, 0.25) is 0 Å². The maximum Gasteiger partial charge on any atom is 0.178 e. The number of rotatable bonds is 5. The smallest absolute Gasteiger partial charge is 0.178 e. The lowest BCUT2D eigenvalue weighted by Gasteiger charge is -2.26. The van der Waals surface area contributed by atoms with E-state index in [0.717, 1.165) is 36.4 Å². The molecule has 0 spiro atoms. The molecule has 5 aromatic heterocycles. The maximum absolute atomic E-state index is 14.6. The van der Waals surface area contributed by atoms with E-state index in [9.17, 15) is 4.39 Å². The van der Waals surface area contributed by atoms with E-state index >= 15 is 0 Å². The highest BCUT2D eigenvalue weighted by molar-refractivity contribution is 5.95. The number of pyridine rings is 3. The number of H-pyrrole nitrogens is 2. The van der Waals surface area contributed by atoms with E-state index in [0.29, 0.717) is 39.3 Å². The van der Waals surface area contributed by atoms with Crippen LogP contribution >= 0.6 is 0 Å². The Morgan fingerprint density at radius 1 is 0.921 bits per heavy atom. The second kappa shape index (κ2) is 9.42. The van der Waals surface area contributed by atoms with Crippen molar-refractivity contribution in [3.05, 3.63) is 78.5 Å². The van der Waals surface area contributed by atoms with Crippen LogP contribution in [0.15, 0.2) is 67.1 Å². The zero-order chi connectivity index (χ0) is 25.5. The second-order valence-corrected chi connectivity index (χ2v) is 9.71. The largest absolute Gasteiger partial charge is 0.335 e. The lowest BCUT2D eigenvalue weighted by Crippen LogP contribution is -2.29. The minimum absolute atomic E-state index is 0.302. The lowest BCUT2D eigenvalue weighted by molar-refractivity contribution is 0.220. The third-order valence-electron chi connectivity index (χ3n) is 7.13. The summed E-state index contributed by atoms with van der Waals surface area (Å²) in [6, 6.07) is 14.6. The minimum atomic E-state index is -0.302. The molecule has 188 valence electrons. The number of imidazole rings is 1.